The third-order valence-corrected chi connectivity index (χ3v) is 4.70. The van der Waals surface area contributed by atoms with Gasteiger partial charge in [-0.15, -0.1) is 11.3 Å². The Morgan fingerprint density at radius 3 is 2.87 bits per heavy atom. The van der Waals surface area contributed by atoms with Gasteiger partial charge in [-0.05, 0) is 24.1 Å². The normalized spacial score (nSPS) is 13.0. The molecule has 120 valence electrons. The van der Waals surface area contributed by atoms with Crippen LogP contribution in [0.25, 0.3) is 11.3 Å². The minimum atomic E-state index is -0.0337. The van der Waals surface area contributed by atoms with Crippen molar-refractivity contribution in [3.05, 3.63) is 29.1 Å². The van der Waals surface area contributed by atoms with E-state index in [1.54, 1.807) is 0 Å². The minimum Gasteiger partial charge on any atom is -0.312 e. The third kappa shape index (κ3) is 3.12. The molecule has 2 heterocycles. The van der Waals surface area contributed by atoms with Crippen LogP contribution in [0.5, 0.6) is 0 Å². The van der Waals surface area contributed by atoms with Crippen molar-refractivity contribution in [1.82, 2.24) is 4.98 Å². The van der Waals surface area contributed by atoms with Crippen LogP contribution in [0.15, 0.2) is 23.6 Å². The Morgan fingerprint density at radius 1 is 1.30 bits per heavy atom. The molecule has 23 heavy (non-hydrogen) atoms. The molecule has 0 bridgehead atoms. The average molecular weight is 329 g/mol. The average Bonchev–Trinajstić information content (AvgIpc) is 3.20. The molecule has 1 aromatic heterocycles. The van der Waals surface area contributed by atoms with E-state index in [-0.39, 0.29) is 11.8 Å². The quantitative estimate of drug-likeness (QED) is 0.934. The molecular weight excluding hydrogens is 310 g/mol. The predicted molar refractivity (Wildman–Crippen MR) is 92.8 cm³/mol. The van der Waals surface area contributed by atoms with Gasteiger partial charge in [-0.25, -0.2) is 4.98 Å². The summed E-state index contributed by atoms with van der Waals surface area (Å²) in [6, 6.07) is 6.08. The topological polar surface area (TPSA) is 62.3 Å². The number of carbonyl (C=O) groups excluding carboxylic acids is 2. The first kappa shape index (κ1) is 15.7. The highest BCUT2D eigenvalue weighted by Crippen LogP contribution is 2.33. The van der Waals surface area contributed by atoms with Crippen LogP contribution >= 0.6 is 11.3 Å². The maximum atomic E-state index is 11.9. The molecule has 1 aliphatic rings. The lowest BCUT2D eigenvalue weighted by Gasteiger charge is -2.16. The lowest BCUT2D eigenvalue weighted by Crippen LogP contribution is -2.27. The Bertz CT molecular complexity index is 754. The van der Waals surface area contributed by atoms with Crippen molar-refractivity contribution in [2.75, 3.05) is 16.8 Å². The van der Waals surface area contributed by atoms with E-state index in [1.807, 2.05) is 36.3 Å². The third-order valence-electron chi connectivity index (χ3n) is 3.95. The number of hydrogen-bond donors (Lipinski definition) is 1. The second kappa shape index (κ2) is 6.50. The molecule has 0 radical (unpaired) electrons. The highest BCUT2D eigenvalue weighted by atomic mass is 32.1. The minimum absolute atomic E-state index is 0.0337. The van der Waals surface area contributed by atoms with Crippen LogP contribution in [-0.4, -0.2) is 23.3 Å². The van der Waals surface area contributed by atoms with E-state index in [4.69, 9.17) is 0 Å². The number of fused-ring (bicyclic) bond motifs is 1. The van der Waals surface area contributed by atoms with Gasteiger partial charge in [-0.3, -0.25) is 9.59 Å². The summed E-state index contributed by atoms with van der Waals surface area (Å²) < 4.78 is 0. The fraction of sp³-hybridized carbons (Fsp3) is 0.353. The largest absolute Gasteiger partial charge is 0.312 e. The van der Waals surface area contributed by atoms with Crippen LogP contribution in [0.2, 0.25) is 0 Å². The molecule has 0 fully saturated rings. The first-order valence-electron chi connectivity index (χ1n) is 7.81. The molecule has 2 amide bonds. The zero-order chi connectivity index (χ0) is 16.4. The van der Waals surface area contributed by atoms with E-state index in [0.717, 1.165) is 29.9 Å². The highest BCUT2D eigenvalue weighted by molar-refractivity contribution is 7.14. The summed E-state index contributed by atoms with van der Waals surface area (Å²) in [6.45, 7) is 4.45. The van der Waals surface area contributed by atoms with Gasteiger partial charge < -0.3 is 10.2 Å². The number of thiazole rings is 1. The molecule has 1 N–H and O–H groups in total. The first-order valence-corrected chi connectivity index (χ1v) is 8.69. The maximum absolute atomic E-state index is 11.9. The molecule has 1 aromatic carbocycles. The van der Waals surface area contributed by atoms with Gasteiger partial charge >= 0.3 is 0 Å². The summed E-state index contributed by atoms with van der Waals surface area (Å²) in [5, 5.41) is 5.34. The van der Waals surface area contributed by atoms with Crippen molar-refractivity contribution in [2.24, 2.45) is 0 Å². The SMILES string of the molecule is CCC(=O)Nc1nc(-c2ccc3c(c2)CCN3C(=O)CC)cs1. The number of nitrogens with one attached hydrogen (secondary N) is 1. The second-order valence-corrected chi connectivity index (χ2v) is 6.29. The Labute approximate surface area is 139 Å². The maximum Gasteiger partial charge on any atom is 0.226 e. The molecule has 0 saturated carbocycles. The van der Waals surface area contributed by atoms with Gasteiger partial charge in [0, 0.05) is 36.0 Å². The zero-order valence-corrected chi connectivity index (χ0v) is 14.1. The standard InChI is InChI=1S/C17H19N3O2S/c1-3-15(21)19-17-18-13(10-23-17)11-5-6-14-12(9-11)7-8-20(14)16(22)4-2/h5-6,9-10H,3-4,7-8H2,1-2H3,(H,18,19,21). The smallest absolute Gasteiger partial charge is 0.226 e. The zero-order valence-electron chi connectivity index (χ0n) is 13.3. The van der Waals surface area contributed by atoms with E-state index < -0.39 is 0 Å². The molecule has 0 atom stereocenters. The Balaban J connectivity index is 1.83. The van der Waals surface area contributed by atoms with Crippen LogP contribution in [0.1, 0.15) is 32.3 Å². The monoisotopic (exact) mass is 329 g/mol. The van der Waals surface area contributed by atoms with Gasteiger partial charge in [-0.1, -0.05) is 19.9 Å². The Hall–Kier alpha value is -2.21. The summed E-state index contributed by atoms with van der Waals surface area (Å²) in [5.74, 6) is 0.128. The first-order chi connectivity index (χ1) is 11.1. The molecule has 6 heteroatoms. The van der Waals surface area contributed by atoms with E-state index >= 15 is 0 Å². The van der Waals surface area contributed by atoms with Crippen LogP contribution < -0.4 is 10.2 Å². The lowest BCUT2D eigenvalue weighted by atomic mass is 10.1. The number of amides is 2. The molecular formula is C17H19N3O2S. The van der Waals surface area contributed by atoms with Crippen LogP contribution in [0.3, 0.4) is 0 Å². The molecule has 3 rings (SSSR count). The van der Waals surface area contributed by atoms with Crippen LogP contribution in [-0.2, 0) is 16.0 Å². The lowest BCUT2D eigenvalue weighted by molar-refractivity contribution is -0.118. The molecule has 5 nitrogen and oxygen atoms in total. The summed E-state index contributed by atoms with van der Waals surface area (Å²) in [4.78, 5) is 29.7. The number of nitrogens with zero attached hydrogens (tertiary/aromatic N) is 2. The number of carbonyl (C=O) groups is 2. The molecule has 0 spiro atoms. The van der Waals surface area contributed by atoms with Crippen molar-refractivity contribution >= 4 is 34.0 Å². The fourth-order valence-corrected chi connectivity index (χ4v) is 3.42. The molecule has 0 saturated heterocycles. The van der Waals surface area contributed by atoms with E-state index in [9.17, 15) is 9.59 Å². The summed E-state index contributed by atoms with van der Waals surface area (Å²) >= 11 is 1.42. The molecule has 1 aliphatic heterocycles. The number of hydrogen-bond acceptors (Lipinski definition) is 4. The van der Waals surface area contributed by atoms with Gasteiger partial charge in [0.05, 0.1) is 5.69 Å². The number of benzene rings is 1. The number of anilines is 2. The summed E-state index contributed by atoms with van der Waals surface area (Å²) in [5.41, 5.74) is 4.05. The van der Waals surface area contributed by atoms with Crippen molar-refractivity contribution in [3.63, 3.8) is 0 Å². The van der Waals surface area contributed by atoms with Crippen molar-refractivity contribution in [3.8, 4) is 11.3 Å². The van der Waals surface area contributed by atoms with E-state index in [2.05, 4.69) is 16.4 Å². The van der Waals surface area contributed by atoms with Crippen molar-refractivity contribution < 1.29 is 9.59 Å². The summed E-state index contributed by atoms with van der Waals surface area (Å²) in [7, 11) is 0. The van der Waals surface area contributed by atoms with Crippen LogP contribution in [0.4, 0.5) is 10.8 Å². The van der Waals surface area contributed by atoms with Gasteiger partial charge in [0.25, 0.3) is 0 Å². The van der Waals surface area contributed by atoms with E-state index in [0.29, 0.717) is 18.0 Å². The van der Waals surface area contributed by atoms with E-state index in [1.165, 1.54) is 16.9 Å². The molecule has 0 unspecified atom stereocenters. The predicted octanol–water partition coefficient (Wildman–Crippen LogP) is 3.46. The Morgan fingerprint density at radius 2 is 2.13 bits per heavy atom. The second-order valence-electron chi connectivity index (χ2n) is 5.43. The Kier molecular flexibility index (Phi) is 4.43. The van der Waals surface area contributed by atoms with Gasteiger partial charge in [0.15, 0.2) is 5.13 Å². The molecule has 0 aliphatic carbocycles. The van der Waals surface area contributed by atoms with Gasteiger partial charge in [0.2, 0.25) is 11.8 Å². The van der Waals surface area contributed by atoms with Gasteiger partial charge in [-0.2, -0.15) is 0 Å². The highest BCUT2D eigenvalue weighted by Gasteiger charge is 2.23. The van der Waals surface area contributed by atoms with Crippen LogP contribution in [0, 0.1) is 0 Å². The molecule has 2 aromatic rings. The van der Waals surface area contributed by atoms with Crippen molar-refractivity contribution in [1.29, 1.82) is 0 Å². The van der Waals surface area contributed by atoms with Crippen molar-refractivity contribution in [2.45, 2.75) is 33.1 Å². The summed E-state index contributed by atoms with van der Waals surface area (Å²) in [6.07, 6.45) is 1.83. The number of aromatic nitrogens is 1. The van der Waals surface area contributed by atoms with Gasteiger partial charge in [0.1, 0.15) is 0 Å². The fourth-order valence-electron chi connectivity index (χ4n) is 2.68. The number of rotatable bonds is 4.